The van der Waals surface area contributed by atoms with Crippen molar-refractivity contribution in [3.63, 3.8) is 0 Å². The first kappa shape index (κ1) is 19.3. The van der Waals surface area contributed by atoms with Crippen LogP contribution < -0.4 is 4.90 Å². The predicted octanol–water partition coefficient (Wildman–Crippen LogP) is 4.31. The number of rotatable bonds is 6. The number of hydrogen-bond donors (Lipinski definition) is 0. The lowest BCUT2D eigenvalue weighted by Gasteiger charge is -2.21. The maximum atomic E-state index is 14.0. The van der Waals surface area contributed by atoms with Gasteiger partial charge in [-0.1, -0.05) is 17.4 Å². The van der Waals surface area contributed by atoms with Crippen molar-refractivity contribution in [1.82, 2.24) is 9.88 Å². The third-order valence-electron chi connectivity index (χ3n) is 3.94. The number of fused-ring (bicyclic) bond motifs is 1. The van der Waals surface area contributed by atoms with E-state index in [-0.39, 0.29) is 16.2 Å². The Balaban J connectivity index is 1.98. The van der Waals surface area contributed by atoms with E-state index in [4.69, 9.17) is 0 Å². The van der Waals surface area contributed by atoms with Gasteiger partial charge in [0.15, 0.2) is 10.9 Å². The molecule has 0 aliphatic carbocycles. The molecule has 0 bridgehead atoms. The van der Waals surface area contributed by atoms with E-state index < -0.39 is 23.4 Å². The topological polar surface area (TPSA) is 36.4 Å². The fraction of sp³-hybridized carbons (Fsp3) is 0.263. The molecule has 1 aromatic heterocycles. The maximum absolute atomic E-state index is 14.0. The van der Waals surface area contributed by atoms with Crippen LogP contribution in [0.1, 0.15) is 16.8 Å². The zero-order chi connectivity index (χ0) is 19.6. The van der Waals surface area contributed by atoms with Crippen LogP contribution in [0.5, 0.6) is 0 Å². The number of anilines is 1. The Kier molecular flexibility index (Phi) is 5.76. The van der Waals surface area contributed by atoms with Crippen LogP contribution in [0.25, 0.3) is 10.2 Å². The highest BCUT2D eigenvalue weighted by molar-refractivity contribution is 7.22. The van der Waals surface area contributed by atoms with Gasteiger partial charge in [-0.15, -0.1) is 0 Å². The third-order valence-corrected chi connectivity index (χ3v) is 4.96. The zero-order valence-electron chi connectivity index (χ0n) is 14.9. The smallest absolute Gasteiger partial charge is 0.260 e. The molecule has 142 valence electrons. The normalized spacial score (nSPS) is 11.3. The van der Waals surface area contributed by atoms with Gasteiger partial charge in [-0.05, 0) is 51.3 Å². The Labute approximate surface area is 158 Å². The molecule has 3 aromatic rings. The first-order valence-corrected chi connectivity index (χ1v) is 9.14. The first-order valence-electron chi connectivity index (χ1n) is 8.33. The number of aromatic nitrogens is 1. The molecule has 27 heavy (non-hydrogen) atoms. The van der Waals surface area contributed by atoms with Crippen LogP contribution in [0.15, 0.2) is 36.4 Å². The third kappa shape index (κ3) is 4.45. The van der Waals surface area contributed by atoms with Crippen molar-refractivity contribution in [3.05, 3.63) is 59.4 Å². The van der Waals surface area contributed by atoms with E-state index in [1.807, 2.05) is 19.0 Å². The molecular formula is C19H18F3N3OS. The van der Waals surface area contributed by atoms with E-state index in [0.717, 1.165) is 30.0 Å². The van der Waals surface area contributed by atoms with Crippen molar-refractivity contribution in [2.45, 2.75) is 6.42 Å². The fourth-order valence-electron chi connectivity index (χ4n) is 2.67. The Morgan fingerprint density at radius 2 is 1.85 bits per heavy atom. The molecule has 0 fully saturated rings. The highest BCUT2D eigenvalue weighted by Gasteiger charge is 2.22. The second kappa shape index (κ2) is 8.06. The average molecular weight is 393 g/mol. The summed E-state index contributed by atoms with van der Waals surface area (Å²) < 4.78 is 41.3. The van der Waals surface area contributed by atoms with Crippen LogP contribution in [-0.4, -0.2) is 43.0 Å². The molecule has 4 nitrogen and oxygen atoms in total. The van der Waals surface area contributed by atoms with Crippen molar-refractivity contribution in [1.29, 1.82) is 0 Å². The number of amides is 1. The molecule has 0 saturated heterocycles. The maximum Gasteiger partial charge on any atom is 0.260 e. The van der Waals surface area contributed by atoms with E-state index in [1.165, 1.54) is 29.2 Å². The molecule has 0 saturated carbocycles. The molecule has 0 aliphatic heterocycles. The van der Waals surface area contributed by atoms with Crippen molar-refractivity contribution in [2.24, 2.45) is 0 Å². The largest absolute Gasteiger partial charge is 0.309 e. The molecule has 0 radical (unpaired) electrons. The van der Waals surface area contributed by atoms with Crippen molar-refractivity contribution in [3.8, 4) is 0 Å². The number of nitrogens with zero attached hydrogens (tertiary/aromatic N) is 3. The molecule has 0 aliphatic rings. The number of carbonyl (C=O) groups is 1. The van der Waals surface area contributed by atoms with Gasteiger partial charge in [0.2, 0.25) is 0 Å². The van der Waals surface area contributed by atoms with Crippen LogP contribution in [0.2, 0.25) is 0 Å². The van der Waals surface area contributed by atoms with Crippen LogP contribution in [0.4, 0.5) is 18.3 Å². The van der Waals surface area contributed by atoms with Crippen LogP contribution in [-0.2, 0) is 0 Å². The van der Waals surface area contributed by atoms with Crippen molar-refractivity contribution < 1.29 is 18.0 Å². The molecule has 1 amide bonds. The monoisotopic (exact) mass is 393 g/mol. The van der Waals surface area contributed by atoms with E-state index >= 15 is 0 Å². The minimum Gasteiger partial charge on any atom is -0.309 e. The number of halogens is 3. The molecule has 1 heterocycles. The van der Waals surface area contributed by atoms with E-state index in [2.05, 4.69) is 4.98 Å². The lowest BCUT2D eigenvalue weighted by Crippen LogP contribution is -2.33. The SMILES string of the molecule is CN(C)CCCN(C(=O)c1cccc(F)c1)c1nc2c(F)cc(F)cc2s1. The van der Waals surface area contributed by atoms with Gasteiger partial charge in [-0.2, -0.15) is 0 Å². The standard InChI is InChI=1S/C19H18F3N3OS/c1-24(2)7-4-8-25(18(26)12-5-3-6-13(20)9-12)19-23-17-15(22)10-14(21)11-16(17)27-19/h3,5-6,9-11H,4,7-8H2,1-2H3. The lowest BCUT2D eigenvalue weighted by atomic mass is 10.2. The van der Waals surface area contributed by atoms with E-state index in [9.17, 15) is 18.0 Å². The van der Waals surface area contributed by atoms with Gasteiger partial charge in [-0.3, -0.25) is 9.69 Å². The van der Waals surface area contributed by atoms with Crippen molar-refractivity contribution >= 4 is 32.6 Å². The molecule has 0 atom stereocenters. The van der Waals surface area contributed by atoms with Gasteiger partial charge in [-0.25, -0.2) is 18.2 Å². The first-order chi connectivity index (χ1) is 12.8. The van der Waals surface area contributed by atoms with E-state index in [1.54, 1.807) is 0 Å². The summed E-state index contributed by atoms with van der Waals surface area (Å²) in [5.41, 5.74) is 0.187. The minimum absolute atomic E-state index is 0.0149. The van der Waals surface area contributed by atoms with E-state index in [0.29, 0.717) is 17.7 Å². The van der Waals surface area contributed by atoms with Crippen LogP contribution in [0.3, 0.4) is 0 Å². The molecule has 0 N–H and O–H groups in total. The summed E-state index contributed by atoms with van der Waals surface area (Å²) in [6.45, 7) is 1.04. The van der Waals surface area contributed by atoms with Gasteiger partial charge in [0, 0.05) is 18.2 Å². The van der Waals surface area contributed by atoms with Gasteiger partial charge in [0.25, 0.3) is 5.91 Å². The Hall–Kier alpha value is -2.45. The van der Waals surface area contributed by atoms with Gasteiger partial charge >= 0.3 is 0 Å². The number of thiazole rings is 1. The molecule has 2 aromatic carbocycles. The second-order valence-electron chi connectivity index (χ2n) is 6.35. The summed E-state index contributed by atoms with van der Waals surface area (Å²) in [4.78, 5) is 20.5. The summed E-state index contributed by atoms with van der Waals surface area (Å²) in [6.07, 6.45) is 0.640. The molecule has 8 heteroatoms. The average Bonchev–Trinajstić information content (AvgIpc) is 3.02. The Morgan fingerprint density at radius 3 is 2.56 bits per heavy atom. The number of benzene rings is 2. The number of carbonyl (C=O) groups excluding carboxylic acids is 1. The van der Waals surface area contributed by atoms with Crippen molar-refractivity contribution in [2.75, 3.05) is 32.1 Å². The molecule has 3 rings (SSSR count). The second-order valence-corrected chi connectivity index (χ2v) is 7.36. The minimum atomic E-state index is -0.779. The fourth-order valence-corrected chi connectivity index (χ4v) is 3.70. The Morgan fingerprint density at radius 1 is 1.07 bits per heavy atom. The summed E-state index contributed by atoms with van der Waals surface area (Å²) in [6, 6.07) is 7.31. The van der Waals surface area contributed by atoms with Gasteiger partial charge in [0.1, 0.15) is 17.2 Å². The van der Waals surface area contributed by atoms with Crippen LogP contribution >= 0.6 is 11.3 Å². The predicted molar refractivity (Wildman–Crippen MR) is 101 cm³/mol. The quantitative estimate of drug-likeness (QED) is 0.626. The molecular weight excluding hydrogens is 375 g/mol. The highest BCUT2D eigenvalue weighted by atomic mass is 32.1. The van der Waals surface area contributed by atoms with Crippen LogP contribution in [0, 0.1) is 17.5 Å². The van der Waals surface area contributed by atoms with Gasteiger partial charge in [0.05, 0.1) is 4.70 Å². The summed E-state index contributed by atoms with van der Waals surface area (Å²) in [5.74, 6) is -2.44. The molecule has 0 spiro atoms. The zero-order valence-corrected chi connectivity index (χ0v) is 15.7. The summed E-state index contributed by atoms with van der Waals surface area (Å²) in [5, 5.41) is 0.252. The lowest BCUT2D eigenvalue weighted by molar-refractivity contribution is 0.0985. The van der Waals surface area contributed by atoms with Gasteiger partial charge < -0.3 is 4.90 Å². The molecule has 0 unspecified atom stereocenters. The summed E-state index contributed by atoms with van der Waals surface area (Å²) in [7, 11) is 3.82. The summed E-state index contributed by atoms with van der Waals surface area (Å²) >= 11 is 1.03. The highest BCUT2D eigenvalue weighted by Crippen LogP contribution is 2.32. The Bertz CT molecular complexity index is 974. The number of hydrogen-bond acceptors (Lipinski definition) is 4.